The van der Waals surface area contributed by atoms with Crippen molar-refractivity contribution in [3.05, 3.63) is 47.5 Å². The third kappa shape index (κ3) is 3.90. The maximum atomic E-state index is 9.48. The van der Waals surface area contributed by atoms with Gasteiger partial charge in [0.15, 0.2) is 0 Å². The Kier molecular flexibility index (Phi) is 6.12. The minimum atomic E-state index is -0.132. The van der Waals surface area contributed by atoms with E-state index in [4.69, 9.17) is 0 Å². The number of nitriles is 3. The molecule has 0 radical (unpaired) electrons. The Morgan fingerprint density at radius 3 is 2.88 bits per heavy atom. The minimum Gasteiger partial charge on any atom is -0.363 e. The monoisotopic (exact) mass is 441 g/mol. The highest BCUT2D eigenvalue weighted by atomic mass is 32.1. The summed E-state index contributed by atoms with van der Waals surface area (Å²) >= 11 is 1.40. The van der Waals surface area contributed by atoms with Crippen LogP contribution in [0.5, 0.6) is 0 Å². The van der Waals surface area contributed by atoms with E-state index in [1.165, 1.54) is 17.7 Å². The number of hydrogen-bond donors (Lipinski definition) is 1. The molecular weight excluding hydrogens is 422 g/mol. The minimum absolute atomic E-state index is 0.132. The van der Waals surface area contributed by atoms with Crippen molar-refractivity contribution in [1.29, 1.82) is 15.8 Å². The molecule has 0 aliphatic heterocycles. The van der Waals surface area contributed by atoms with E-state index in [9.17, 15) is 15.8 Å². The highest BCUT2D eigenvalue weighted by molar-refractivity contribution is 7.14. The number of nitrogens with one attached hydrogen (secondary N) is 1. The topological polar surface area (TPSA) is 134 Å². The molecule has 4 heterocycles. The molecule has 1 unspecified atom stereocenters. The second-order valence-electron chi connectivity index (χ2n) is 7.11. The number of aromatic amines is 1. The van der Waals surface area contributed by atoms with Crippen molar-refractivity contribution in [3.63, 3.8) is 0 Å². The number of nitrogens with zero attached hydrogens (tertiary/aromatic N) is 8. The Bertz CT molecular complexity index is 1360. The van der Waals surface area contributed by atoms with Gasteiger partial charge < -0.3 is 9.88 Å². The van der Waals surface area contributed by atoms with E-state index in [0.717, 1.165) is 27.3 Å². The smallest absolute Gasteiger partial charge is 0.141 e. The number of hydrogen-bond acceptors (Lipinski definition) is 8. The van der Waals surface area contributed by atoms with Gasteiger partial charge in [0, 0.05) is 41.8 Å². The first kappa shape index (κ1) is 21.0. The molecule has 0 aliphatic carbocycles. The first-order valence-corrected chi connectivity index (χ1v) is 10.9. The van der Waals surface area contributed by atoms with Crippen molar-refractivity contribution < 1.29 is 0 Å². The first-order chi connectivity index (χ1) is 15.7. The van der Waals surface area contributed by atoms with Gasteiger partial charge in [-0.25, -0.2) is 9.97 Å². The zero-order chi connectivity index (χ0) is 22.5. The number of H-pyrrole nitrogens is 1. The number of aromatic nitrogens is 5. The van der Waals surface area contributed by atoms with E-state index < -0.39 is 0 Å². The second kappa shape index (κ2) is 9.30. The van der Waals surface area contributed by atoms with Crippen LogP contribution >= 0.6 is 11.3 Å². The summed E-state index contributed by atoms with van der Waals surface area (Å²) < 4.78 is 1.81. The van der Waals surface area contributed by atoms with Crippen LogP contribution in [0, 0.1) is 34.0 Å². The lowest BCUT2D eigenvalue weighted by Gasteiger charge is -2.24. The van der Waals surface area contributed by atoms with Gasteiger partial charge in [-0.05, 0) is 19.4 Å². The van der Waals surface area contributed by atoms with Crippen LogP contribution in [0.25, 0.3) is 22.3 Å². The summed E-state index contributed by atoms with van der Waals surface area (Å²) in [7, 11) is 0. The van der Waals surface area contributed by atoms with Gasteiger partial charge >= 0.3 is 0 Å². The van der Waals surface area contributed by atoms with Gasteiger partial charge in [-0.1, -0.05) is 0 Å². The van der Waals surface area contributed by atoms with Gasteiger partial charge in [0.25, 0.3) is 0 Å². The molecule has 32 heavy (non-hydrogen) atoms. The second-order valence-corrected chi connectivity index (χ2v) is 7.97. The summed E-state index contributed by atoms with van der Waals surface area (Å²) in [5, 5.41) is 36.0. The van der Waals surface area contributed by atoms with Crippen molar-refractivity contribution in [1.82, 2.24) is 24.7 Å². The molecule has 0 fully saturated rings. The molecular formula is C22H19N9S. The van der Waals surface area contributed by atoms with E-state index in [2.05, 4.69) is 43.2 Å². The van der Waals surface area contributed by atoms with Crippen molar-refractivity contribution in [2.45, 2.75) is 25.8 Å². The van der Waals surface area contributed by atoms with Crippen LogP contribution in [-0.2, 0) is 0 Å². The quantitative estimate of drug-likeness (QED) is 0.437. The summed E-state index contributed by atoms with van der Waals surface area (Å²) in [6.45, 7) is 3.33. The Balaban J connectivity index is 1.56. The van der Waals surface area contributed by atoms with Crippen LogP contribution in [0.15, 0.2) is 36.4 Å². The van der Waals surface area contributed by atoms with E-state index in [-0.39, 0.29) is 6.04 Å². The molecule has 1 atom stereocenters. The van der Waals surface area contributed by atoms with E-state index >= 15 is 0 Å². The van der Waals surface area contributed by atoms with Crippen LogP contribution in [-0.4, -0.2) is 37.8 Å². The maximum Gasteiger partial charge on any atom is 0.141 e. The highest BCUT2D eigenvalue weighted by Crippen LogP contribution is 2.32. The van der Waals surface area contributed by atoms with E-state index in [0.29, 0.717) is 37.1 Å². The molecule has 0 spiro atoms. The Morgan fingerprint density at radius 1 is 1.25 bits per heavy atom. The first-order valence-electron chi connectivity index (χ1n) is 10.1. The third-order valence-electron chi connectivity index (χ3n) is 5.33. The molecule has 0 bridgehead atoms. The number of thiophene rings is 1. The van der Waals surface area contributed by atoms with E-state index in [1.807, 2.05) is 30.1 Å². The fourth-order valence-electron chi connectivity index (χ4n) is 3.67. The van der Waals surface area contributed by atoms with Crippen LogP contribution in [0.4, 0.5) is 5.00 Å². The van der Waals surface area contributed by atoms with Crippen molar-refractivity contribution in [3.8, 4) is 29.5 Å². The highest BCUT2D eigenvalue weighted by Gasteiger charge is 2.20. The molecule has 0 amide bonds. The van der Waals surface area contributed by atoms with Gasteiger partial charge in [-0.15, -0.1) is 11.3 Å². The van der Waals surface area contributed by atoms with E-state index in [1.54, 1.807) is 11.6 Å². The summed E-state index contributed by atoms with van der Waals surface area (Å²) in [5.74, 6) is 0. The predicted octanol–water partition coefficient (Wildman–Crippen LogP) is 4.00. The number of anilines is 1. The third-order valence-corrected chi connectivity index (χ3v) is 6.37. The molecule has 0 saturated carbocycles. The van der Waals surface area contributed by atoms with Gasteiger partial charge in [0.1, 0.15) is 34.7 Å². The molecule has 0 saturated heterocycles. The normalized spacial score (nSPS) is 11.6. The Morgan fingerprint density at radius 2 is 2.12 bits per heavy atom. The average molecular weight is 442 g/mol. The molecule has 158 valence electrons. The van der Waals surface area contributed by atoms with Gasteiger partial charge in [-0.2, -0.15) is 20.9 Å². The van der Waals surface area contributed by atoms with Gasteiger partial charge in [0.05, 0.1) is 36.0 Å². The lowest BCUT2D eigenvalue weighted by Crippen LogP contribution is -2.26. The molecule has 4 rings (SSSR count). The molecule has 4 aromatic rings. The fourth-order valence-corrected chi connectivity index (χ4v) is 4.72. The number of fused-ring (bicyclic) bond motifs is 1. The molecule has 0 aromatic carbocycles. The molecule has 4 aromatic heterocycles. The molecule has 0 aliphatic rings. The van der Waals surface area contributed by atoms with Crippen LogP contribution < -0.4 is 4.90 Å². The summed E-state index contributed by atoms with van der Waals surface area (Å²) in [5.41, 5.74) is 3.22. The molecule has 9 nitrogen and oxygen atoms in total. The number of rotatable bonds is 8. The van der Waals surface area contributed by atoms with Crippen molar-refractivity contribution in [2.24, 2.45) is 0 Å². The standard InChI is InChI=1S/C22H19N9S/c1-2-30(22-19(10-25)15(9-24)13-32-22)8-5-17(3-6-23)31-12-16(11-29-31)20-18-4-7-26-21(18)28-14-27-20/h4,7,11-14,17H,2-3,5,8H2,1H3,(H,26,27,28). The van der Waals surface area contributed by atoms with Gasteiger partial charge in [0.2, 0.25) is 0 Å². The van der Waals surface area contributed by atoms with Crippen LogP contribution in [0.1, 0.15) is 36.9 Å². The fraction of sp³-hybridized carbons (Fsp3) is 0.273. The Labute approximate surface area is 188 Å². The Hall–Kier alpha value is -4.20. The molecule has 10 heteroatoms. The summed E-state index contributed by atoms with van der Waals surface area (Å²) in [6, 6.07) is 8.28. The lowest BCUT2D eigenvalue weighted by molar-refractivity contribution is 0.432. The zero-order valence-electron chi connectivity index (χ0n) is 17.4. The van der Waals surface area contributed by atoms with Crippen LogP contribution in [0.3, 0.4) is 0 Å². The largest absolute Gasteiger partial charge is 0.363 e. The lowest BCUT2D eigenvalue weighted by atomic mass is 10.1. The predicted molar refractivity (Wildman–Crippen MR) is 121 cm³/mol. The summed E-state index contributed by atoms with van der Waals surface area (Å²) in [6.07, 6.45) is 7.97. The van der Waals surface area contributed by atoms with Crippen molar-refractivity contribution in [2.75, 3.05) is 18.0 Å². The van der Waals surface area contributed by atoms with Gasteiger partial charge in [-0.3, -0.25) is 4.68 Å². The summed E-state index contributed by atoms with van der Waals surface area (Å²) in [4.78, 5) is 13.8. The molecule has 1 N–H and O–H groups in total. The van der Waals surface area contributed by atoms with Crippen molar-refractivity contribution >= 4 is 27.4 Å². The zero-order valence-corrected chi connectivity index (χ0v) is 18.2. The SMILES string of the molecule is CCN(CCC(CC#N)n1cc(-c2ncnc3[nH]ccc23)cn1)c1scc(C#N)c1C#N. The van der Waals surface area contributed by atoms with Crippen LogP contribution in [0.2, 0.25) is 0 Å². The average Bonchev–Trinajstić information content (AvgIpc) is 3.57. The maximum absolute atomic E-state index is 9.48.